The molecular formula is C36H41N2O+. The van der Waals surface area contributed by atoms with Crippen LogP contribution in [0.3, 0.4) is 0 Å². The molecule has 0 saturated carbocycles. The minimum atomic E-state index is 0.522. The van der Waals surface area contributed by atoms with E-state index in [0.717, 1.165) is 65.4 Å². The molecule has 0 aliphatic rings. The summed E-state index contributed by atoms with van der Waals surface area (Å²) in [4.78, 5) is 4.97. The predicted molar refractivity (Wildman–Crippen MR) is 165 cm³/mol. The van der Waals surface area contributed by atoms with Crippen LogP contribution in [0.25, 0.3) is 50.3 Å². The smallest absolute Gasteiger partial charge is 0.227 e. The van der Waals surface area contributed by atoms with Gasteiger partial charge in [0.15, 0.2) is 17.5 Å². The van der Waals surface area contributed by atoms with E-state index in [-0.39, 0.29) is 0 Å². The molecule has 0 amide bonds. The lowest BCUT2D eigenvalue weighted by molar-refractivity contribution is -0.571. The Morgan fingerprint density at radius 1 is 0.923 bits per heavy atom. The number of benzene rings is 2. The average Bonchev–Trinajstić information content (AvgIpc) is 3.31. The maximum Gasteiger partial charge on any atom is 0.227 e. The van der Waals surface area contributed by atoms with E-state index in [4.69, 9.17) is 9.40 Å². The molecule has 39 heavy (non-hydrogen) atoms. The summed E-state index contributed by atoms with van der Waals surface area (Å²) in [7, 11) is 0. The molecule has 3 heterocycles. The fraction of sp³-hybridized carbons (Fsp3) is 0.333. The standard InChI is InChI=1S/C36H41N2O/c1-7-13-28-16-17-30-31-18-19-32(27-14-11-10-12-15-27)37-36(31)39-35(30)34(28)33-23-29(26(8-2)9-3)20-21-38(33)25(6)22-24(4)5/h10-12,14-21,23-24,26H,6-9,13,22H2,1-5H3/q+1. The van der Waals surface area contributed by atoms with Gasteiger partial charge in [0.05, 0.1) is 11.3 Å². The number of hydrogen-bond acceptors (Lipinski definition) is 2. The summed E-state index contributed by atoms with van der Waals surface area (Å²) in [6.45, 7) is 15.8. The van der Waals surface area contributed by atoms with Crippen molar-refractivity contribution >= 4 is 27.8 Å². The van der Waals surface area contributed by atoms with Gasteiger partial charge in [0.2, 0.25) is 11.4 Å². The van der Waals surface area contributed by atoms with Crippen LogP contribution in [0.4, 0.5) is 0 Å². The fourth-order valence-electron chi connectivity index (χ4n) is 5.86. The molecule has 0 spiro atoms. The van der Waals surface area contributed by atoms with E-state index in [9.17, 15) is 0 Å². The van der Waals surface area contributed by atoms with Crippen LogP contribution in [0.1, 0.15) is 77.3 Å². The summed E-state index contributed by atoms with van der Waals surface area (Å²) in [5, 5.41) is 2.17. The van der Waals surface area contributed by atoms with Gasteiger partial charge in [-0.15, -0.1) is 0 Å². The lowest BCUT2D eigenvalue weighted by atomic mass is 9.91. The molecule has 0 atom stereocenters. The Balaban J connectivity index is 1.79. The molecule has 2 aromatic carbocycles. The summed E-state index contributed by atoms with van der Waals surface area (Å²) in [5.41, 5.74) is 9.75. The first-order chi connectivity index (χ1) is 18.9. The van der Waals surface area contributed by atoms with Crippen LogP contribution >= 0.6 is 0 Å². The van der Waals surface area contributed by atoms with Crippen molar-refractivity contribution in [3.63, 3.8) is 0 Å². The zero-order valence-corrected chi connectivity index (χ0v) is 24.1. The molecule has 0 bridgehead atoms. The Kier molecular flexibility index (Phi) is 7.97. The number of fused-ring (bicyclic) bond motifs is 3. The van der Waals surface area contributed by atoms with Crippen molar-refractivity contribution < 1.29 is 8.98 Å². The highest BCUT2D eigenvalue weighted by molar-refractivity contribution is 6.09. The van der Waals surface area contributed by atoms with Crippen LogP contribution in [-0.4, -0.2) is 4.98 Å². The molecule has 3 heteroatoms. The fourth-order valence-corrected chi connectivity index (χ4v) is 5.86. The molecule has 0 aliphatic heterocycles. The van der Waals surface area contributed by atoms with Crippen molar-refractivity contribution in [1.82, 2.24) is 4.98 Å². The number of allylic oxidation sites excluding steroid dienone is 1. The minimum Gasteiger partial charge on any atom is -0.437 e. The molecule has 0 aliphatic carbocycles. The first-order valence-corrected chi connectivity index (χ1v) is 14.6. The van der Waals surface area contributed by atoms with Gasteiger partial charge in [0, 0.05) is 34.9 Å². The van der Waals surface area contributed by atoms with Gasteiger partial charge in [-0.2, -0.15) is 4.57 Å². The largest absolute Gasteiger partial charge is 0.437 e. The van der Waals surface area contributed by atoms with Crippen molar-refractivity contribution in [3.8, 4) is 22.5 Å². The summed E-state index contributed by atoms with van der Waals surface area (Å²) in [6, 6.07) is 23.8. The van der Waals surface area contributed by atoms with E-state index in [0.29, 0.717) is 17.5 Å². The number of pyridine rings is 2. The van der Waals surface area contributed by atoms with Crippen LogP contribution in [0, 0.1) is 5.92 Å². The van der Waals surface area contributed by atoms with Crippen molar-refractivity contribution in [2.75, 3.05) is 0 Å². The number of aromatic nitrogens is 2. The summed E-state index contributed by atoms with van der Waals surface area (Å²) < 4.78 is 9.00. The second-order valence-electron chi connectivity index (χ2n) is 11.1. The average molecular weight is 518 g/mol. The zero-order chi connectivity index (χ0) is 27.5. The van der Waals surface area contributed by atoms with Gasteiger partial charge >= 0.3 is 0 Å². The normalized spacial score (nSPS) is 11.8. The van der Waals surface area contributed by atoms with Crippen LogP contribution in [0.2, 0.25) is 0 Å². The molecule has 3 nitrogen and oxygen atoms in total. The third-order valence-electron chi connectivity index (χ3n) is 7.86. The van der Waals surface area contributed by atoms with Crippen LogP contribution in [0.5, 0.6) is 0 Å². The van der Waals surface area contributed by atoms with Crippen molar-refractivity contribution in [2.24, 2.45) is 5.92 Å². The Labute approximate surface area is 233 Å². The first kappa shape index (κ1) is 26.9. The third-order valence-corrected chi connectivity index (χ3v) is 7.86. The van der Waals surface area contributed by atoms with E-state index < -0.39 is 0 Å². The minimum absolute atomic E-state index is 0.522. The Hall–Kier alpha value is -3.72. The Morgan fingerprint density at radius 2 is 1.67 bits per heavy atom. The molecular weight excluding hydrogens is 476 g/mol. The second kappa shape index (κ2) is 11.6. The highest BCUT2D eigenvalue weighted by Crippen LogP contribution is 2.39. The zero-order valence-electron chi connectivity index (χ0n) is 24.1. The Bertz CT molecular complexity index is 1610. The Morgan fingerprint density at radius 3 is 2.36 bits per heavy atom. The van der Waals surface area contributed by atoms with Gasteiger partial charge in [0.25, 0.3) is 0 Å². The van der Waals surface area contributed by atoms with Crippen molar-refractivity contribution in [3.05, 3.63) is 90.6 Å². The highest BCUT2D eigenvalue weighted by Gasteiger charge is 2.27. The van der Waals surface area contributed by atoms with Crippen molar-refractivity contribution in [1.29, 1.82) is 0 Å². The van der Waals surface area contributed by atoms with Crippen LogP contribution in [0.15, 0.2) is 83.9 Å². The predicted octanol–water partition coefficient (Wildman–Crippen LogP) is 9.98. The van der Waals surface area contributed by atoms with Gasteiger partial charge in [-0.25, -0.2) is 4.98 Å². The molecule has 0 unspecified atom stereocenters. The molecule has 3 aromatic heterocycles. The molecule has 5 aromatic rings. The molecule has 5 rings (SSSR count). The van der Waals surface area contributed by atoms with Gasteiger partial charge in [-0.3, -0.25) is 0 Å². The second-order valence-corrected chi connectivity index (χ2v) is 11.1. The summed E-state index contributed by atoms with van der Waals surface area (Å²) in [6.07, 6.45) is 7.45. The third kappa shape index (κ3) is 5.28. The molecule has 0 radical (unpaired) electrons. The number of nitrogens with zero attached hydrogens (tertiary/aromatic N) is 2. The van der Waals surface area contributed by atoms with Crippen LogP contribution < -0.4 is 4.57 Å². The number of aryl methyl sites for hydroxylation is 1. The lowest BCUT2D eigenvalue weighted by Crippen LogP contribution is -2.35. The summed E-state index contributed by atoms with van der Waals surface area (Å²) in [5.74, 6) is 1.05. The molecule has 0 N–H and O–H groups in total. The first-order valence-electron chi connectivity index (χ1n) is 14.6. The number of hydrogen-bond donors (Lipinski definition) is 0. The SMILES string of the molecule is C=C(CC(C)C)[n+]1ccc(C(CC)CC)cc1-c1c(CCC)ccc2c1oc1nc(-c3ccccc3)ccc12. The van der Waals surface area contributed by atoms with E-state index in [1.807, 2.05) is 18.2 Å². The maximum absolute atomic E-state index is 6.70. The highest BCUT2D eigenvalue weighted by atomic mass is 16.3. The van der Waals surface area contributed by atoms with E-state index in [1.54, 1.807) is 0 Å². The number of furan rings is 1. The summed E-state index contributed by atoms with van der Waals surface area (Å²) >= 11 is 0. The van der Waals surface area contributed by atoms with Gasteiger partial charge in [-0.05, 0) is 60.9 Å². The quantitative estimate of drug-likeness (QED) is 0.173. The van der Waals surface area contributed by atoms with Crippen LogP contribution in [-0.2, 0) is 6.42 Å². The molecule has 0 saturated heterocycles. The topological polar surface area (TPSA) is 29.9 Å². The monoisotopic (exact) mass is 517 g/mol. The van der Waals surface area contributed by atoms with E-state index in [2.05, 4.69) is 100 Å². The van der Waals surface area contributed by atoms with E-state index in [1.165, 1.54) is 22.4 Å². The van der Waals surface area contributed by atoms with Gasteiger partial charge in [0.1, 0.15) is 0 Å². The van der Waals surface area contributed by atoms with E-state index >= 15 is 0 Å². The maximum atomic E-state index is 6.70. The molecule has 200 valence electrons. The molecule has 0 fully saturated rings. The van der Waals surface area contributed by atoms with Gasteiger partial charge in [-0.1, -0.05) is 83.5 Å². The number of rotatable bonds is 10. The lowest BCUT2D eigenvalue weighted by Gasteiger charge is -2.16. The van der Waals surface area contributed by atoms with Gasteiger partial charge < -0.3 is 4.42 Å². The van der Waals surface area contributed by atoms with Crippen molar-refractivity contribution in [2.45, 2.75) is 72.6 Å².